The predicted octanol–water partition coefficient (Wildman–Crippen LogP) is 1.20. The van der Waals surface area contributed by atoms with Gasteiger partial charge in [0, 0.05) is 6.07 Å². The van der Waals surface area contributed by atoms with Crippen molar-refractivity contribution in [1.29, 1.82) is 0 Å². The predicted molar refractivity (Wildman–Crippen MR) is 83.6 cm³/mol. The number of nitro benzene ring substituents is 2. The van der Waals surface area contributed by atoms with Gasteiger partial charge in [-0.15, -0.1) is 0 Å². The summed E-state index contributed by atoms with van der Waals surface area (Å²) in [5.41, 5.74) is -2.32. The van der Waals surface area contributed by atoms with Crippen molar-refractivity contribution in [2.75, 3.05) is 16.8 Å². The van der Waals surface area contributed by atoms with Gasteiger partial charge in [-0.3, -0.25) is 20.2 Å². The molecule has 0 radical (unpaired) electrons. The lowest BCUT2D eigenvalue weighted by Gasteiger charge is -2.23. The van der Waals surface area contributed by atoms with Gasteiger partial charge < -0.3 is 10.6 Å². The molecule has 1 heterocycles. The summed E-state index contributed by atoms with van der Waals surface area (Å²) in [6.45, 7) is 1.56. The fourth-order valence-corrected chi connectivity index (χ4v) is 4.52. The van der Waals surface area contributed by atoms with E-state index in [0.717, 1.165) is 18.2 Å². The molecule has 2 N–H and O–H groups in total. The third kappa shape index (κ3) is 3.95. The summed E-state index contributed by atoms with van der Waals surface area (Å²) in [6, 6.07) is 1.97. The van der Waals surface area contributed by atoms with Crippen LogP contribution in [0.1, 0.15) is 13.3 Å². The van der Waals surface area contributed by atoms with E-state index in [1.165, 1.54) is 0 Å². The Labute approximate surface area is 136 Å². The van der Waals surface area contributed by atoms with Crippen molar-refractivity contribution in [3.8, 4) is 0 Å². The number of non-ortho nitro benzene ring substituents is 1. The van der Waals surface area contributed by atoms with Crippen LogP contribution in [0.25, 0.3) is 0 Å². The first-order valence-corrected chi connectivity index (χ1v) is 8.56. The van der Waals surface area contributed by atoms with Crippen molar-refractivity contribution in [1.82, 2.24) is 5.32 Å². The van der Waals surface area contributed by atoms with Gasteiger partial charge in [0.2, 0.25) is 0 Å². The van der Waals surface area contributed by atoms with E-state index in [2.05, 4.69) is 10.6 Å². The van der Waals surface area contributed by atoms with Crippen molar-refractivity contribution in [3.63, 3.8) is 0 Å². The number of amides is 2. The van der Waals surface area contributed by atoms with Crippen molar-refractivity contribution in [2.45, 2.75) is 18.9 Å². The molecule has 0 aromatic heterocycles. The number of urea groups is 1. The molecular weight excluding hydrogens is 344 g/mol. The van der Waals surface area contributed by atoms with Gasteiger partial charge >= 0.3 is 6.03 Å². The van der Waals surface area contributed by atoms with Crippen molar-refractivity contribution in [2.24, 2.45) is 0 Å². The van der Waals surface area contributed by atoms with Gasteiger partial charge in [0.05, 0.1) is 33.0 Å². The van der Waals surface area contributed by atoms with E-state index >= 15 is 0 Å². The van der Waals surface area contributed by atoms with Crippen LogP contribution in [-0.4, -0.2) is 41.3 Å². The molecule has 2 amide bonds. The second-order valence-electron chi connectivity index (χ2n) is 5.70. The normalized spacial score (nSPS) is 21.9. The van der Waals surface area contributed by atoms with Crippen LogP contribution in [0.5, 0.6) is 0 Å². The molecule has 1 aromatic rings. The molecule has 1 fully saturated rings. The third-order valence-corrected chi connectivity index (χ3v) is 5.46. The van der Waals surface area contributed by atoms with E-state index < -0.39 is 42.6 Å². The molecule has 0 bridgehead atoms. The van der Waals surface area contributed by atoms with Crippen LogP contribution < -0.4 is 10.6 Å². The van der Waals surface area contributed by atoms with Gasteiger partial charge in [0.25, 0.3) is 11.4 Å². The van der Waals surface area contributed by atoms with E-state index in [-0.39, 0.29) is 23.6 Å². The fraction of sp³-hybridized carbons (Fsp3) is 0.417. The molecular formula is C12H14N4O7S. The summed E-state index contributed by atoms with van der Waals surface area (Å²) < 4.78 is 23.0. The number of nitrogens with zero attached hydrogens (tertiary/aromatic N) is 2. The first kappa shape index (κ1) is 17.6. The lowest BCUT2D eigenvalue weighted by molar-refractivity contribution is -0.393. The van der Waals surface area contributed by atoms with Gasteiger partial charge in [0.15, 0.2) is 9.84 Å². The van der Waals surface area contributed by atoms with Crippen LogP contribution in [0.2, 0.25) is 0 Å². The molecule has 130 valence electrons. The number of carbonyl (C=O) groups excluding carboxylic acids is 1. The molecule has 1 unspecified atom stereocenters. The molecule has 24 heavy (non-hydrogen) atoms. The van der Waals surface area contributed by atoms with E-state index in [4.69, 9.17) is 0 Å². The average molecular weight is 358 g/mol. The lowest BCUT2D eigenvalue weighted by atomic mass is 10.0. The van der Waals surface area contributed by atoms with E-state index in [0.29, 0.717) is 0 Å². The Morgan fingerprint density at radius 1 is 1.25 bits per heavy atom. The topological polar surface area (TPSA) is 162 Å². The molecule has 1 atom stereocenters. The Hall–Kier alpha value is -2.76. The minimum Gasteiger partial charge on any atom is -0.332 e. The van der Waals surface area contributed by atoms with Crippen LogP contribution >= 0.6 is 0 Å². The number of hydrogen-bond donors (Lipinski definition) is 2. The molecule has 1 aromatic carbocycles. The molecule has 1 aliphatic heterocycles. The smallest absolute Gasteiger partial charge is 0.319 e. The van der Waals surface area contributed by atoms with Crippen LogP contribution in [0.3, 0.4) is 0 Å². The van der Waals surface area contributed by atoms with E-state index in [9.17, 15) is 33.4 Å². The second-order valence-corrected chi connectivity index (χ2v) is 7.88. The quantitative estimate of drug-likeness (QED) is 0.603. The second kappa shape index (κ2) is 6.03. The number of sulfone groups is 1. The van der Waals surface area contributed by atoms with Gasteiger partial charge in [-0.1, -0.05) is 0 Å². The molecule has 1 aliphatic rings. The number of nitrogens with one attached hydrogen (secondary N) is 2. The first-order chi connectivity index (χ1) is 11.0. The highest BCUT2D eigenvalue weighted by atomic mass is 32.2. The summed E-state index contributed by atoms with van der Waals surface area (Å²) in [4.78, 5) is 32.0. The standard InChI is InChI=1S/C12H14N4O7S/c1-12(4-5-24(22,23)7-12)14-11(17)13-9-3-2-8(15(18)19)6-10(9)16(20)21/h2-3,6H,4-5,7H2,1H3,(H2,13,14,17). The zero-order valence-corrected chi connectivity index (χ0v) is 13.3. The number of nitro groups is 2. The van der Waals surface area contributed by atoms with Crippen molar-refractivity contribution in [3.05, 3.63) is 38.4 Å². The lowest BCUT2D eigenvalue weighted by Crippen LogP contribution is -2.48. The van der Waals surface area contributed by atoms with Gasteiger partial charge in [0.1, 0.15) is 5.69 Å². The summed E-state index contributed by atoms with van der Waals surface area (Å²) in [6.07, 6.45) is 0.227. The van der Waals surface area contributed by atoms with Crippen LogP contribution in [0, 0.1) is 20.2 Å². The summed E-state index contributed by atoms with van der Waals surface area (Å²) >= 11 is 0. The van der Waals surface area contributed by atoms with Crippen LogP contribution in [0.4, 0.5) is 21.9 Å². The van der Waals surface area contributed by atoms with Crippen molar-refractivity contribution < 1.29 is 23.1 Å². The minimum atomic E-state index is -3.23. The highest BCUT2D eigenvalue weighted by Gasteiger charge is 2.39. The van der Waals surface area contributed by atoms with Gasteiger partial charge in [-0.2, -0.15) is 0 Å². The van der Waals surface area contributed by atoms with Crippen LogP contribution in [-0.2, 0) is 9.84 Å². The van der Waals surface area contributed by atoms with E-state index in [1.807, 2.05) is 0 Å². The first-order valence-electron chi connectivity index (χ1n) is 6.74. The Morgan fingerprint density at radius 2 is 1.92 bits per heavy atom. The minimum absolute atomic E-state index is 0.0541. The Balaban J connectivity index is 2.17. The van der Waals surface area contributed by atoms with Gasteiger partial charge in [-0.25, -0.2) is 13.2 Å². The van der Waals surface area contributed by atoms with E-state index in [1.54, 1.807) is 6.92 Å². The zero-order valence-electron chi connectivity index (χ0n) is 12.5. The average Bonchev–Trinajstić information content (AvgIpc) is 2.71. The van der Waals surface area contributed by atoms with Crippen LogP contribution in [0.15, 0.2) is 18.2 Å². The fourth-order valence-electron chi connectivity index (χ4n) is 2.43. The highest BCUT2D eigenvalue weighted by Crippen LogP contribution is 2.29. The summed E-state index contributed by atoms with van der Waals surface area (Å²) in [5.74, 6) is -0.281. The molecule has 0 spiro atoms. The molecule has 1 saturated heterocycles. The van der Waals surface area contributed by atoms with Crippen molar-refractivity contribution >= 4 is 32.9 Å². The summed E-state index contributed by atoms with van der Waals surface area (Å²) in [5, 5.41) is 26.4. The molecule has 0 aliphatic carbocycles. The maximum Gasteiger partial charge on any atom is 0.319 e. The Morgan fingerprint density at radius 3 is 2.42 bits per heavy atom. The monoisotopic (exact) mass is 358 g/mol. The maximum atomic E-state index is 12.0. The molecule has 0 saturated carbocycles. The number of carbonyl (C=O) groups is 1. The molecule has 11 nitrogen and oxygen atoms in total. The summed E-state index contributed by atoms with van der Waals surface area (Å²) in [7, 11) is -3.23. The third-order valence-electron chi connectivity index (χ3n) is 3.56. The Bertz CT molecular complexity index is 823. The number of hydrogen-bond acceptors (Lipinski definition) is 7. The van der Waals surface area contributed by atoms with Gasteiger partial charge in [-0.05, 0) is 19.4 Å². The zero-order chi connectivity index (χ0) is 18.1. The molecule has 2 rings (SSSR count). The largest absolute Gasteiger partial charge is 0.332 e. The highest BCUT2D eigenvalue weighted by molar-refractivity contribution is 7.91. The Kier molecular flexibility index (Phi) is 4.42. The SMILES string of the molecule is CC1(NC(=O)Nc2ccc([N+](=O)[O-])cc2[N+](=O)[O-])CCS(=O)(=O)C1. The number of benzene rings is 1. The number of rotatable bonds is 4. The maximum absolute atomic E-state index is 12.0. The number of anilines is 1. The molecule has 12 heteroatoms.